The lowest BCUT2D eigenvalue weighted by molar-refractivity contribution is -0.118. The summed E-state index contributed by atoms with van der Waals surface area (Å²) in [7, 11) is 0. The Bertz CT molecular complexity index is 645. The molecule has 4 heteroatoms. The molecule has 0 unspecified atom stereocenters. The van der Waals surface area contributed by atoms with E-state index >= 15 is 0 Å². The first-order valence-electron chi connectivity index (χ1n) is 6.72. The second-order valence-corrected chi connectivity index (χ2v) is 5.46. The van der Waals surface area contributed by atoms with Gasteiger partial charge >= 0.3 is 0 Å². The van der Waals surface area contributed by atoms with Crippen LogP contribution in [-0.4, -0.2) is 12.5 Å². The maximum absolute atomic E-state index is 11.9. The van der Waals surface area contributed by atoms with E-state index in [0.717, 1.165) is 27.4 Å². The number of hydrogen-bond donors (Lipinski definition) is 1. The van der Waals surface area contributed by atoms with Crippen LogP contribution in [0.4, 0.5) is 5.69 Å². The zero-order valence-corrected chi connectivity index (χ0v) is 13.1. The molecule has 0 bridgehead atoms. The molecular formula is C17H18ClNO2. The van der Waals surface area contributed by atoms with Gasteiger partial charge in [0.05, 0.1) is 0 Å². The van der Waals surface area contributed by atoms with E-state index in [9.17, 15) is 4.79 Å². The van der Waals surface area contributed by atoms with Crippen molar-refractivity contribution in [3.8, 4) is 5.75 Å². The first-order valence-corrected chi connectivity index (χ1v) is 7.09. The number of ether oxygens (including phenoxy) is 1. The summed E-state index contributed by atoms with van der Waals surface area (Å²) in [4.78, 5) is 11.9. The highest BCUT2D eigenvalue weighted by Gasteiger charge is 2.07. The van der Waals surface area contributed by atoms with Crippen LogP contribution in [0.2, 0.25) is 5.02 Å². The number of benzene rings is 2. The van der Waals surface area contributed by atoms with E-state index in [-0.39, 0.29) is 12.5 Å². The monoisotopic (exact) mass is 303 g/mol. The Hall–Kier alpha value is -2.00. The molecule has 0 aliphatic carbocycles. The Morgan fingerprint density at radius 2 is 1.81 bits per heavy atom. The predicted molar refractivity (Wildman–Crippen MR) is 86.2 cm³/mol. The van der Waals surface area contributed by atoms with Crippen LogP contribution in [0.25, 0.3) is 0 Å². The van der Waals surface area contributed by atoms with Crippen molar-refractivity contribution in [2.24, 2.45) is 0 Å². The topological polar surface area (TPSA) is 38.3 Å². The molecule has 0 saturated carbocycles. The molecule has 2 aromatic rings. The number of halogens is 1. The van der Waals surface area contributed by atoms with Crippen LogP contribution in [0, 0.1) is 20.8 Å². The number of anilines is 1. The van der Waals surface area contributed by atoms with Gasteiger partial charge in [0.25, 0.3) is 5.91 Å². The van der Waals surface area contributed by atoms with Gasteiger partial charge in [0.15, 0.2) is 6.61 Å². The van der Waals surface area contributed by atoms with Gasteiger partial charge in [0.2, 0.25) is 0 Å². The highest BCUT2D eigenvalue weighted by Crippen LogP contribution is 2.25. The third-order valence-electron chi connectivity index (χ3n) is 3.08. The minimum absolute atomic E-state index is 0.0333. The molecule has 0 saturated heterocycles. The number of aryl methyl sites for hydroxylation is 3. The number of hydrogen-bond acceptors (Lipinski definition) is 2. The Labute approximate surface area is 129 Å². The van der Waals surface area contributed by atoms with Crippen molar-refractivity contribution in [2.45, 2.75) is 20.8 Å². The maximum atomic E-state index is 11.9. The molecule has 0 radical (unpaired) electrons. The molecule has 2 aromatic carbocycles. The Balaban J connectivity index is 1.95. The summed E-state index contributed by atoms with van der Waals surface area (Å²) in [5.41, 5.74) is 3.74. The van der Waals surface area contributed by atoms with E-state index in [1.165, 1.54) is 0 Å². The van der Waals surface area contributed by atoms with Crippen LogP contribution in [0.3, 0.4) is 0 Å². The van der Waals surface area contributed by atoms with E-state index in [0.29, 0.717) is 5.75 Å². The van der Waals surface area contributed by atoms with Crippen molar-refractivity contribution in [1.29, 1.82) is 0 Å². The largest absolute Gasteiger partial charge is 0.484 e. The van der Waals surface area contributed by atoms with Crippen molar-refractivity contribution < 1.29 is 9.53 Å². The fourth-order valence-electron chi connectivity index (χ4n) is 2.06. The molecule has 0 spiro atoms. The lowest BCUT2D eigenvalue weighted by Gasteiger charge is -2.10. The Morgan fingerprint density at radius 1 is 1.14 bits per heavy atom. The summed E-state index contributed by atoms with van der Waals surface area (Å²) < 4.78 is 5.52. The van der Waals surface area contributed by atoms with Gasteiger partial charge in [0, 0.05) is 10.7 Å². The van der Waals surface area contributed by atoms with E-state index < -0.39 is 0 Å². The summed E-state index contributed by atoms with van der Waals surface area (Å²) in [6.45, 7) is 5.77. The molecule has 21 heavy (non-hydrogen) atoms. The van der Waals surface area contributed by atoms with Gasteiger partial charge < -0.3 is 10.1 Å². The first kappa shape index (κ1) is 15.4. The average Bonchev–Trinajstić information content (AvgIpc) is 2.42. The normalized spacial score (nSPS) is 10.3. The maximum Gasteiger partial charge on any atom is 0.262 e. The summed E-state index contributed by atoms with van der Waals surface area (Å²) >= 11 is 6.10. The lowest BCUT2D eigenvalue weighted by Crippen LogP contribution is -2.20. The van der Waals surface area contributed by atoms with E-state index in [1.807, 2.05) is 57.2 Å². The molecule has 0 aliphatic rings. The number of carbonyl (C=O) groups excluding carboxylic acids is 1. The van der Waals surface area contributed by atoms with Crippen LogP contribution >= 0.6 is 11.6 Å². The molecule has 0 aliphatic heterocycles. The third kappa shape index (κ3) is 4.23. The zero-order chi connectivity index (χ0) is 15.4. The molecular weight excluding hydrogens is 286 g/mol. The van der Waals surface area contributed by atoms with Crippen LogP contribution in [-0.2, 0) is 4.79 Å². The van der Waals surface area contributed by atoms with Gasteiger partial charge in [-0.15, -0.1) is 0 Å². The minimum atomic E-state index is -0.189. The quantitative estimate of drug-likeness (QED) is 0.915. The van der Waals surface area contributed by atoms with Crippen molar-refractivity contribution in [2.75, 3.05) is 11.9 Å². The summed E-state index contributed by atoms with van der Waals surface area (Å²) in [5, 5.41) is 3.53. The average molecular weight is 304 g/mol. The molecule has 0 fully saturated rings. The van der Waals surface area contributed by atoms with Gasteiger partial charge in [-0.1, -0.05) is 23.7 Å². The van der Waals surface area contributed by atoms with E-state index in [2.05, 4.69) is 5.32 Å². The Morgan fingerprint density at radius 3 is 2.43 bits per heavy atom. The van der Waals surface area contributed by atoms with Crippen LogP contribution in [0.1, 0.15) is 16.7 Å². The molecule has 3 nitrogen and oxygen atoms in total. The molecule has 1 N–H and O–H groups in total. The minimum Gasteiger partial charge on any atom is -0.484 e. The van der Waals surface area contributed by atoms with Crippen molar-refractivity contribution in [3.05, 3.63) is 58.1 Å². The number of rotatable bonds is 4. The van der Waals surface area contributed by atoms with Crippen molar-refractivity contribution in [1.82, 2.24) is 0 Å². The van der Waals surface area contributed by atoms with Crippen molar-refractivity contribution in [3.63, 3.8) is 0 Å². The molecule has 0 atom stereocenters. The molecule has 0 heterocycles. The third-order valence-corrected chi connectivity index (χ3v) is 3.68. The second-order valence-electron chi connectivity index (χ2n) is 5.08. The molecule has 0 aromatic heterocycles. The van der Waals surface area contributed by atoms with Gasteiger partial charge in [0.1, 0.15) is 5.75 Å². The van der Waals surface area contributed by atoms with Gasteiger partial charge in [-0.3, -0.25) is 4.79 Å². The SMILES string of the molecule is Cc1cccc(NC(=O)COc2cc(C)c(Cl)c(C)c2)c1. The van der Waals surface area contributed by atoms with Crippen LogP contribution in [0.15, 0.2) is 36.4 Å². The van der Waals surface area contributed by atoms with Crippen LogP contribution < -0.4 is 10.1 Å². The van der Waals surface area contributed by atoms with Crippen LogP contribution in [0.5, 0.6) is 5.75 Å². The standard InChI is InChI=1S/C17H18ClNO2/c1-11-5-4-6-14(7-11)19-16(20)10-21-15-8-12(2)17(18)13(3)9-15/h4-9H,10H2,1-3H3,(H,19,20). The fourth-order valence-corrected chi connectivity index (χ4v) is 2.17. The number of nitrogens with one attached hydrogen (secondary N) is 1. The summed E-state index contributed by atoms with van der Waals surface area (Å²) in [6, 6.07) is 11.3. The highest BCUT2D eigenvalue weighted by molar-refractivity contribution is 6.32. The predicted octanol–water partition coefficient (Wildman–Crippen LogP) is 4.28. The lowest BCUT2D eigenvalue weighted by atomic mass is 10.1. The summed E-state index contributed by atoms with van der Waals surface area (Å²) in [6.07, 6.45) is 0. The summed E-state index contributed by atoms with van der Waals surface area (Å²) in [5.74, 6) is 0.458. The number of amides is 1. The molecule has 2 rings (SSSR count). The van der Waals surface area contributed by atoms with Crippen molar-refractivity contribution >= 4 is 23.2 Å². The second kappa shape index (κ2) is 6.64. The smallest absolute Gasteiger partial charge is 0.262 e. The first-order chi connectivity index (χ1) is 9.95. The van der Waals surface area contributed by atoms with Gasteiger partial charge in [-0.25, -0.2) is 0 Å². The Kier molecular flexibility index (Phi) is 4.86. The number of carbonyl (C=O) groups is 1. The van der Waals surface area contributed by atoms with E-state index in [4.69, 9.17) is 16.3 Å². The molecule has 110 valence electrons. The fraction of sp³-hybridized carbons (Fsp3) is 0.235. The van der Waals surface area contributed by atoms with Gasteiger partial charge in [-0.05, 0) is 61.7 Å². The van der Waals surface area contributed by atoms with E-state index in [1.54, 1.807) is 0 Å². The highest BCUT2D eigenvalue weighted by atomic mass is 35.5. The molecule has 1 amide bonds. The van der Waals surface area contributed by atoms with Gasteiger partial charge in [-0.2, -0.15) is 0 Å². The zero-order valence-electron chi connectivity index (χ0n) is 12.4.